The number of nitrogens with one attached hydrogen (secondary N) is 1. The van der Waals surface area contributed by atoms with Crippen LogP contribution in [0.4, 0.5) is 5.13 Å². The molecule has 1 aromatic carbocycles. The van der Waals surface area contributed by atoms with Crippen molar-refractivity contribution >= 4 is 55.4 Å². The quantitative estimate of drug-likeness (QED) is 0.736. The molecule has 0 aliphatic heterocycles. The summed E-state index contributed by atoms with van der Waals surface area (Å²) in [6, 6.07) is 5.41. The molecule has 0 bridgehead atoms. The molecule has 0 atom stereocenters. The molecule has 1 amide bonds. The van der Waals surface area contributed by atoms with E-state index >= 15 is 0 Å². The number of sulfone groups is 1. The molecule has 0 saturated heterocycles. The predicted molar refractivity (Wildman–Crippen MR) is 106 cm³/mol. The third-order valence-electron chi connectivity index (χ3n) is 4.34. The predicted octanol–water partition coefficient (Wildman–Crippen LogP) is 4.34. The van der Waals surface area contributed by atoms with Gasteiger partial charge in [-0.15, -0.1) is 11.3 Å². The van der Waals surface area contributed by atoms with Gasteiger partial charge in [0.05, 0.1) is 15.3 Å². The Bertz CT molecular complexity index is 906. The Morgan fingerprint density at radius 1 is 1.27 bits per heavy atom. The number of amides is 1. The SMILES string of the molecule is O=C(CS(=O)(=O)C1CCCC1)Nc1ncc(Cc2cccc(Cl)c2Cl)s1. The van der Waals surface area contributed by atoms with E-state index in [4.69, 9.17) is 23.2 Å². The van der Waals surface area contributed by atoms with E-state index in [1.54, 1.807) is 12.3 Å². The number of halogens is 2. The minimum Gasteiger partial charge on any atom is -0.301 e. The van der Waals surface area contributed by atoms with Crippen molar-refractivity contribution in [1.29, 1.82) is 0 Å². The molecule has 0 spiro atoms. The number of carbonyl (C=O) groups excluding carboxylic acids is 1. The average Bonchev–Trinajstić information content (AvgIpc) is 3.23. The summed E-state index contributed by atoms with van der Waals surface area (Å²) in [5.74, 6) is -1.04. The van der Waals surface area contributed by atoms with Crippen molar-refractivity contribution < 1.29 is 13.2 Å². The van der Waals surface area contributed by atoms with Crippen LogP contribution in [0.5, 0.6) is 0 Å². The van der Waals surface area contributed by atoms with Crippen LogP contribution in [-0.2, 0) is 21.1 Å². The first kappa shape index (κ1) is 19.6. The van der Waals surface area contributed by atoms with Gasteiger partial charge in [0.15, 0.2) is 15.0 Å². The summed E-state index contributed by atoms with van der Waals surface area (Å²) >= 11 is 13.5. The molecule has 0 unspecified atom stereocenters. The zero-order valence-corrected chi connectivity index (χ0v) is 17.0. The number of thiazole rings is 1. The summed E-state index contributed by atoms with van der Waals surface area (Å²) in [7, 11) is -3.40. The van der Waals surface area contributed by atoms with Crippen LogP contribution in [-0.4, -0.2) is 30.3 Å². The second-order valence-electron chi connectivity index (χ2n) is 6.28. The minimum atomic E-state index is -3.40. The highest BCUT2D eigenvalue weighted by Crippen LogP contribution is 2.30. The Hall–Kier alpha value is -1.15. The van der Waals surface area contributed by atoms with Crippen molar-refractivity contribution in [3.8, 4) is 0 Å². The summed E-state index contributed by atoms with van der Waals surface area (Å²) in [4.78, 5) is 17.1. The van der Waals surface area contributed by atoms with Gasteiger partial charge in [-0.25, -0.2) is 13.4 Å². The van der Waals surface area contributed by atoms with E-state index in [2.05, 4.69) is 10.3 Å². The van der Waals surface area contributed by atoms with Crippen molar-refractivity contribution in [3.05, 3.63) is 44.9 Å². The highest BCUT2D eigenvalue weighted by Gasteiger charge is 2.30. The van der Waals surface area contributed by atoms with Crippen molar-refractivity contribution in [3.63, 3.8) is 0 Å². The van der Waals surface area contributed by atoms with Crippen molar-refractivity contribution in [2.75, 3.05) is 11.1 Å². The van der Waals surface area contributed by atoms with Gasteiger partial charge < -0.3 is 5.32 Å². The molecule has 3 rings (SSSR count). The van der Waals surface area contributed by atoms with Crippen LogP contribution in [0.1, 0.15) is 36.1 Å². The Morgan fingerprint density at radius 2 is 2.00 bits per heavy atom. The van der Waals surface area contributed by atoms with Gasteiger partial charge in [-0.05, 0) is 24.5 Å². The molecular weight excluding hydrogens is 415 g/mol. The monoisotopic (exact) mass is 432 g/mol. The van der Waals surface area contributed by atoms with Crippen LogP contribution in [0, 0.1) is 0 Å². The number of hydrogen-bond donors (Lipinski definition) is 1. The molecule has 1 aliphatic carbocycles. The van der Waals surface area contributed by atoms with Gasteiger partial charge in [0, 0.05) is 17.5 Å². The zero-order chi connectivity index (χ0) is 18.7. The number of nitrogens with zero attached hydrogens (tertiary/aromatic N) is 1. The fraction of sp³-hybridized carbons (Fsp3) is 0.412. The molecule has 1 saturated carbocycles. The summed E-state index contributed by atoms with van der Waals surface area (Å²) in [6.07, 6.45) is 5.30. The molecule has 26 heavy (non-hydrogen) atoms. The number of hydrogen-bond acceptors (Lipinski definition) is 5. The van der Waals surface area contributed by atoms with Crippen molar-refractivity contribution in [2.45, 2.75) is 37.4 Å². The van der Waals surface area contributed by atoms with E-state index in [1.807, 2.05) is 12.1 Å². The number of carbonyl (C=O) groups is 1. The lowest BCUT2D eigenvalue weighted by molar-refractivity contribution is -0.113. The van der Waals surface area contributed by atoms with Gasteiger partial charge in [-0.1, -0.05) is 48.2 Å². The molecule has 0 radical (unpaired) electrons. The van der Waals surface area contributed by atoms with Crippen LogP contribution in [0.25, 0.3) is 0 Å². The summed E-state index contributed by atoms with van der Waals surface area (Å²) in [5, 5.41) is 3.56. The smallest absolute Gasteiger partial charge is 0.241 e. The Morgan fingerprint density at radius 3 is 2.73 bits per heavy atom. The van der Waals surface area contributed by atoms with Gasteiger partial charge in [0.25, 0.3) is 0 Å². The van der Waals surface area contributed by atoms with Crippen LogP contribution >= 0.6 is 34.5 Å². The standard InChI is InChI=1S/C17H18Cl2N2O3S2/c18-14-7-3-4-11(16(14)19)8-12-9-20-17(25-12)21-15(22)10-26(23,24)13-5-1-2-6-13/h3-4,7,9,13H,1-2,5-6,8,10H2,(H,20,21,22). The minimum absolute atomic E-state index is 0.379. The van der Waals surface area contributed by atoms with Gasteiger partial charge in [-0.3, -0.25) is 4.79 Å². The largest absolute Gasteiger partial charge is 0.301 e. The van der Waals surface area contributed by atoms with Gasteiger partial charge in [-0.2, -0.15) is 0 Å². The van der Waals surface area contributed by atoms with E-state index in [1.165, 1.54) is 11.3 Å². The van der Waals surface area contributed by atoms with E-state index in [0.717, 1.165) is 23.3 Å². The maximum Gasteiger partial charge on any atom is 0.241 e. The van der Waals surface area contributed by atoms with Crippen LogP contribution in [0.3, 0.4) is 0 Å². The van der Waals surface area contributed by atoms with Crippen molar-refractivity contribution in [2.24, 2.45) is 0 Å². The molecule has 140 valence electrons. The first-order chi connectivity index (χ1) is 12.3. The van der Waals surface area contributed by atoms with E-state index in [9.17, 15) is 13.2 Å². The van der Waals surface area contributed by atoms with Crippen LogP contribution < -0.4 is 5.32 Å². The highest BCUT2D eigenvalue weighted by atomic mass is 35.5. The summed E-state index contributed by atoms with van der Waals surface area (Å²) in [6.45, 7) is 0. The molecule has 2 aromatic rings. The van der Waals surface area contributed by atoms with E-state index in [0.29, 0.717) is 34.4 Å². The maximum atomic E-state index is 12.2. The lowest BCUT2D eigenvalue weighted by Crippen LogP contribution is -2.29. The fourth-order valence-electron chi connectivity index (χ4n) is 3.02. The van der Waals surface area contributed by atoms with Gasteiger partial charge in [0.1, 0.15) is 5.75 Å². The number of benzene rings is 1. The molecule has 1 aromatic heterocycles. The second-order valence-corrected chi connectivity index (χ2v) is 10.5. The Balaban J connectivity index is 1.61. The van der Waals surface area contributed by atoms with Gasteiger partial charge in [0.2, 0.25) is 5.91 Å². The number of aromatic nitrogens is 1. The third-order valence-corrected chi connectivity index (χ3v) is 8.26. The zero-order valence-electron chi connectivity index (χ0n) is 13.9. The summed E-state index contributed by atoms with van der Waals surface area (Å²) < 4.78 is 24.5. The Kier molecular flexibility index (Phi) is 6.22. The van der Waals surface area contributed by atoms with Gasteiger partial charge >= 0.3 is 0 Å². The van der Waals surface area contributed by atoms with Crippen LogP contribution in [0.15, 0.2) is 24.4 Å². The molecule has 1 N–H and O–H groups in total. The first-order valence-electron chi connectivity index (χ1n) is 8.24. The molecule has 1 fully saturated rings. The van der Waals surface area contributed by atoms with E-state index in [-0.39, 0.29) is 5.25 Å². The molecule has 1 aliphatic rings. The lowest BCUT2D eigenvalue weighted by Gasteiger charge is -2.10. The first-order valence-corrected chi connectivity index (χ1v) is 11.5. The second kappa shape index (κ2) is 8.25. The van der Waals surface area contributed by atoms with E-state index < -0.39 is 21.5 Å². The number of rotatable bonds is 6. The molecular formula is C17H18Cl2N2O3S2. The third kappa shape index (κ3) is 4.76. The number of anilines is 1. The normalized spacial score (nSPS) is 15.3. The average molecular weight is 433 g/mol. The lowest BCUT2D eigenvalue weighted by atomic mass is 10.1. The Labute approximate surface area is 166 Å². The van der Waals surface area contributed by atoms with Crippen LogP contribution in [0.2, 0.25) is 10.0 Å². The molecule has 5 nitrogen and oxygen atoms in total. The topological polar surface area (TPSA) is 76.1 Å². The maximum absolute atomic E-state index is 12.2. The van der Waals surface area contributed by atoms with Crippen molar-refractivity contribution in [1.82, 2.24) is 4.98 Å². The molecule has 9 heteroatoms. The summed E-state index contributed by atoms with van der Waals surface area (Å²) in [5.41, 5.74) is 0.865. The molecule has 1 heterocycles. The fourth-order valence-corrected chi connectivity index (χ4v) is 5.99. The highest BCUT2D eigenvalue weighted by molar-refractivity contribution is 7.92.